The molecule has 0 aliphatic carbocycles. The van der Waals surface area contributed by atoms with Crippen molar-refractivity contribution in [1.29, 1.82) is 0 Å². The highest BCUT2D eigenvalue weighted by Crippen LogP contribution is 2.30. The number of aromatic nitrogens is 1. The smallest absolute Gasteiger partial charge is 0.410 e. The summed E-state index contributed by atoms with van der Waals surface area (Å²) in [5.41, 5.74) is 0.186. The number of pyridine rings is 1. The van der Waals surface area contributed by atoms with Crippen LogP contribution in [0, 0.1) is 5.92 Å². The molecule has 2 rings (SSSR count). The first-order valence-electron chi connectivity index (χ1n) is 11.4. The summed E-state index contributed by atoms with van der Waals surface area (Å²) in [7, 11) is 0. The summed E-state index contributed by atoms with van der Waals surface area (Å²) < 4.78 is 12.2. The van der Waals surface area contributed by atoms with Gasteiger partial charge in [-0.1, -0.05) is 39.0 Å². The van der Waals surface area contributed by atoms with E-state index in [2.05, 4.69) is 36.4 Å². The van der Waals surface area contributed by atoms with E-state index in [-0.39, 0.29) is 11.8 Å². The van der Waals surface area contributed by atoms with E-state index < -0.39 is 17.4 Å². The number of aryl methyl sites for hydroxylation is 1. The Labute approximate surface area is 197 Å². The van der Waals surface area contributed by atoms with Crippen molar-refractivity contribution in [3.63, 3.8) is 0 Å². The second-order valence-corrected chi connectivity index (χ2v) is 9.69. The Kier molecular flexibility index (Phi) is 8.85. The average Bonchev–Trinajstić information content (AvgIpc) is 2.65. The third kappa shape index (κ3) is 8.75. The summed E-state index contributed by atoms with van der Waals surface area (Å²) in [5, 5.41) is 5.74. The maximum Gasteiger partial charge on any atom is 0.410 e. The number of rotatable bonds is 9. The fraction of sp³-hybridized carbons (Fsp3) is 0.500. The van der Waals surface area contributed by atoms with Crippen molar-refractivity contribution in [2.45, 2.75) is 79.1 Å². The van der Waals surface area contributed by atoms with E-state index in [1.807, 2.05) is 51.1 Å². The second-order valence-electron chi connectivity index (χ2n) is 9.69. The molecule has 0 aliphatic heterocycles. The number of amides is 2. The Hall–Kier alpha value is -3.09. The van der Waals surface area contributed by atoms with Crippen molar-refractivity contribution in [1.82, 2.24) is 10.3 Å². The lowest BCUT2D eigenvalue weighted by molar-refractivity contribution is -0.114. The molecule has 0 spiro atoms. The van der Waals surface area contributed by atoms with Gasteiger partial charge >= 0.3 is 6.09 Å². The number of nitrogens with zero attached hydrogens (tertiary/aromatic N) is 1. The normalized spacial score (nSPS) is 13.2. The van der Waals surface area contributed by atoms with Gasteiger partial charge in [0.05, 0.1) is 0 Å². The first kappa shape index (κ1) is 26.2. The SMILES string of the molecule is CCc1ccccc1OC(Cc1ccnc(NC(C)=O)c1)(CC(C)C)NC(=O)OC(C)(C)C. The van der Waals surface area contributed by atoms with E-state index in [0.29, 0.717) is 24.4 Å². The standard InChI is InChI=1S/C26H37N3O4/c1-8-21-11-9-10-12-22(21)32-26(16-18(2)3,29-24(31)33-25(5,6)7)17-20-13-14-27-23(15-20)28-19(4)30/h9-15,18H,8,16-17H2,1-7H3,(H,29,31)(H,27,28,30). The summed E-state index contributed by atoms with van der Waals surface area (Å²) in [5.74, 6) is 1.18. The van der Waals surface area contributed by atoms with Crippen LogP contribution in [0.4, 0.5) is 10.6 Å². The molecule has 0 radical (unpaired) electrons. The van der Waals surface area contributed by atoms with Crippen molar-refractivity contribution in [3.8, 4) is 5.75 Å². The largest absolute Gasteiger partial charge is 0.467 e. The third-order valence-corrected chi connectivity index (χ3v) is 4.74. The quantitative estimate of drug-likeness (QED) is 0.488. The molecule has 1 heterocycles. The van der Waals surface area contributed by atoms with Gasteiger partial charge in [0, 0.05) is 26.0 Å². The van der Waals surface area contributed by atoms with Gasteiger partial charge in [-0.2, -0.15) is 0 Å². The Balaban J connectivity index is 2.50. The van der Waals surface area contributed by atoms with Crippen molar-refractivity contribution >= 4 is 17.8 Å². The van der Waals surface area contributed by atoms with Crippen molar-refractivity contribution in [2.75, 3.05) is 5.32 Å². The third-order valence-electron chi connectivity index (χ3n) is 4.74. The van der Waals surface area contributed by atoms with Gasteiger partial charge in [-0.05, 0) is 62.4 Å². The first-order valence-corrected chi connectivity index (χ1v) is 11.4. The van der Waals surface area contributed by atoms with Crippen LogP contribution in [0.5, 0.6) is 5.75 Å². The molecule has 0 saturated carbocycles. The molecule has 2 aromatic rings. The van der Waals surface area contributed by atoms with Gasteiger partial charge in [-0.25, -0.2) is 9.78 Å². The molecule has 33 heavy (non-hydrogen) atoms. The lowest BCUT2D eigenvalue weighted by atomic mass is 9.93. The molecule has 1 aromatic heterocycles. The van der Waals surface area contributed by atoms with E-state index >= 15 is 0 Å². The van der Waals surface area contributed by atoms with Crippen LogP contribution in [0.1, 0.15) is 66.0 Å². The number of hydrogen-bond donors (Lipinski definition) is 2. The minimum Gasteiger partial charge on any atom is -0.467 e. The molecule has 1 unspecified atom stereocenters. The number of carbonyl (C=O) groups excluding carboxylic acids is 2. The maximum absolute atomic E-state index is 12.9. The minimum atomic E-state index is -1.07. The molecule has 7 nitrogen and oxygen atoms in total. The Bertz CT molecular complexity index is 953. The summed E-state index contributed by atoms with van der Waals surface area (Å²) >= 11 is 0. The number of ether oxygens (including phenoxy) is 2. The highest BCUT2D eigenvalue weighted by molar-refractivity contribution is 5.87. The number of carbonyl (C=O) groups is 2. The molecule has 180 valence electrons. The van der Waals surface area contributed by atoms with Gasteiger partial charge in [-0.15, -0.1) is 0 Å². The Morgan fingerprint density at radius 2 is 1.82 bits per heavy atom. The van der Waals surface area contributed by atoms with Crippen molar-refractivity contribution in [3.05, 3.63) is 53.7 Å². The van der Waals surface area contributed by atoms with Crippen LogP contribution >= 0.6 is 0 Å². The van der Waals surface area contributed by atoms with Gasteiger partial charge < -0.3 is 14.8 Å². The molecule has 0 aliphatic rings. The van der Waals surface area contributed by atoms with Crippen LogP contribution in [-0.2, 0) is 22.4 Å². The van der Waals surface area contributed by atoms with Crippen LogP contribution < -0.4 is 15.4 Å². The average molecular weight is 456 g/mol. The van der Waals surface area contributed by atoms with E-state index in [4.69, 9.17) is 9.47 Å². The predicted octanol–water partition coefficient (Wildman–Crippen LogP) is 5.49. The topological polar surface area (TPSA) is 89.5 Å². The number of alkyl carbamates (subject to hydrolysis) is 1. The first-order chi connectivity index (χ1) is 15.4. The van der Waals surface area contributed by atoms with E-state index in [9.17, 15) is 9.59 Å². The molecule has 0 bridgehead atoms. The number of nitrogens with one attached hydrogen (secondary N) is 2. The zero-order valence-electron chi connectivity index (χ0n) is 20.8. The van der Waals surface area contributed by atoms with Crippen LogP contribution in [0.25, 0.3) is 0 Å². The summed E-state index contributed by atoms with van der Waals surface area (Å²) in [6.45, 7) is 13.1. The molecule has 0 saturated heterocycles. The van der Waals surface area contributed by atoms with Crippen molar-refractivity contribution in [2.24, 2.45) is 5.92 Å². The number of para-hydroxylation sites is 1. The molecular weight excluding hydrogens is 418 g/mol. The van der Waals surface area contributed by atoms with Crippen molar-refractivity contribution < 1.29 is 19.1 Å². The summed E-state index contributed by atoms with van der Waals surface area (Å²) in [6, 6.07) is 11.5. The van der Waals surface area contributed by atoms with Crippen LogP contribution in [0.15, 0.2) is 42.6 Å². The second kappa shape index (κ2) is 11.2. The van der Waals surface area contributed by atoms with E-state index in [1.165, 1.54) is 6.92 Å². The molecular formula is C26H37N3O4. The molecule has 1 atom stereocenters. The highest BCUT2D eigenvalue weighted by Gasteiger charge is 2.37. The fourth-order valence-electron chi connectivity index (χ4n) is 3.69. The zero-order valence-corrected chi connectivity index (χ0v) is 20.8. The zero-order chi connectivity index (χ0) is 24.6. The van der Waals surface area contributed by atoms with E-state index in [0.717, 1.165) is 17.5 Å². The van der Waals surface area contributed by atoms with Crippen LogP contribution in [0.2, 0.25) is 0 Å². The van der Waals surface area contributed by atoms with Gasteiger partial charge in [0.2, 0.25) is 5.91 Å². The molecule has 2 N–H and O–H groups in total. The summed E-state index contributed by atoms with van der Waals surface area (Å²) in [4.78, 5) is 28.6. The number of benzene rings is 1. The number of hydrogen-bond acceptors (Lipinski definition) is 5. The lowest BCUT2D eigenvalue weighted by Crippen LogP contribution is -2.56. The Morgan fingerprint density at radius 1 is 1.12 bits per heavy atom. The monoisotopic (exact) mass is 455 g/mol. The summed E-state index contributed by atoms with van der Waals surface area (Å²) in [6.07, 6.45) is 2.78. The van der Waals surface area contributed by atoms with Crippen LogP contribution in [0.3, 0.4) is 0 Å². The van der Waals surface area contributed by atoms with Gasteiger partial charge in [0.1, 0.15) is 17.2 Å². The van der Waals surface area contributed by atoms with Gasteiger partial charge in [-0.3, -0.25) is 10.1 Å². The van der Waals surface area contributed by atoms with E-state index in [1.54, 1.807) is 12.3 Å². The Morgan fingerprint density at radius 3 is 2.42 bits per heavy atom. The molecule has 1 aromatic carbocycles. The molecule has 0 fully saturated rings. The van der Waals surface area contributed by atoms with Crippen LogP contribution in [-0.4, -0.2) is 28.3 Å². The van der Waals surface area contributed by atoms with Gasteiger partial charge in [0.25, 0.3) is 0 Å². The predicted molar refractivity (Wildman–Crippen MR) is 130 cm³/mol. The number of anilines is 1. The molecule has 2 amide bonds. The molecule has 7 heteroatoms. The minimum absolute atomic E-state index is 0.201. The maximum atomic E-state index is 12.9. The van der Waals surface area contributed by atoms with Gasteiger partial charge in [0.15, 0.2) is 5.72 Å². The highest BCUT2D eigenvalue weighted by atomic mass is 16.6. The fourth-order valence-corrected chi connectivity index (χ4v) is 3.69. The lowest BCUT2D eigenvalue weighted by Gasteiger charge is -2.38.